The summed E-state index contributed by atoms with van der Waals surface area (Å²) in [6.45, 7) is 0.254. The second-order valence-electron chi connectivity index (χ2n) is 3.11. The Hall–Kier alpha value is -0.370. The first-order chi connectivity index (χ1) is 4.86. The van der Waals surface area contributed by atoms with Gasteiger partial charge in [-0.25, -0.2) is 0 Å². The molecule has 1 saturated carbocycles. The van der Waals surface area contributed by atoms with Gasteiger partial charge in [-0.05, 0) is 25.2 Å². The average Bonchev–Trinajstić information content (AvgIpc) is 2.05. The van der Waals surface area contributed by atoms with E-state index in [0.29, 0.717) is 5.92 Å². The monoisotopic (exact) mass is 142 g/mol. The molecule has 0 heterocycles. The largest absolute Gasteiger partial charge is 0.396 e. The molecule has 2 nitrogen and oxygen atoms in total. The van der Waals surface area contributed by atoms with E-state index in [1.807, 2.05) is 0 Å². The number of hydrogen-bond donors (Lipinski definition) is 1. The van der Waals surface area contributed by atoms with Crippen LogP contribution in [0.2, 0.25) is 0 Å². The zero-order valence-corrected chi connectivity index (χ0v) is 6.12. The van der Waals surface area contributed by atoms with Gasteiger partial charge < -0.3 is 9.90 Å². The zero-order chi connectivity index (χ0) is 7.40. The van der Waals surface area contributed by atoms with E-state index in [4.69, 9.17) is 5.11 Å². The second kappa shape index (κ2) is 3.71. The third-order valence-electron chi connectivity index (χ3n) is 2.27. The van der Waals surface area contributed by atoms with E-state index in [9.17, 15) is 4.79 Å². The maximum atomic E-state index is 10.3. The van der Waals surface area contributed by atoms with Crippen molar-refractivity contribution in [3.05, 3.63) is 0 Å². The minimum absolute atomic E-state index is 0.228. The summed E-state index contributed by atoms with van der Waals surface area (Å²) in [7, 11) is 0. The van der Waals surface area contributed by atoms with Gasteiger partial charge in [-0.1, -0.05) is 6.42 Å². The van der Waals surface area contributed by atoms with E-state index in [1.165, 1.54) is 0 Å². The highest BCUT2D eigenvalue weighted by molar-refractivity contribution is 5.53. The second-order valence-corrected chi connectivity index (χ2v) is 3.11. The number of aliphatic hydroxyl groups is 1. The fraction of sp³-hybridized carbons (Fsp3) is 0.875. The molecule has 1 fully saturated rings. The molecule has 2 unspecified atom stereocenters. The van der Waals surface area contributed by atoms with Crippen molar-refractivity contribution in [1.82, 2.24) is 0 Å². The van der Waals surface area contributed by atoms with Crippen molar-refractivity contribution in [2.24, 2.45) is 11.8 Å². The van der Waals surface area contributed by atoms with Gasteiger partial charge in [-0.15, -0.1) is 0 Å². The molecule has 0 amide bonds. The van der Waals surface area contributed by atoms with Crippen molar-refractivity contribution in [2.45, 2.75) is 25.7 Å². The zero-order valence-electron chi connectivity index (χ0n) is 6.12. The first-order valence-corrected chi connectivity index (χ1v) is 3.93. The molecule has 1 N–H and O–H groups in total. The maximum absolute atomic E-state index is 10.3. The lowest BCUT2D eigenvalue weighted by atomic mass is 9.83. The number of carbonyl (C=O) groups excluding carboxylic acids is 1. The van der Waals surface area contributed by atoms with E-state index < -0.39 is 0 Å². The van der Waals surface area contributed by atoms with Crippen molar-refractivity contribution >= 4 is 6.29 Å². The molecule has 0 bridgehead atoms. The van der Waals surface area contributed by atoms with Crippen LogP contribution in [-0.2, 0) is 4.79 Å². The quantitative estimate of drug-likeness (QED) is 0.584. The molecule has 10 heavy (non-hydrogen) atoms. The highest BCUT2D eigenvalue weighted by Crippen LogP contribution is 2.26. The molecular formula is C8H14O2. The van der Waals surface area contributed by atoms with Crippen LogP contribution in [0.15, 0.2) is 0 Å². The summed E-state index contributed by atoms with van der Waals surface area (Å²) in [6, 6.07) is 0. The summed E-state index contributed by atoms with van der Waals surface area (Å²) in [5.41, 5.74) is 0. The summed E-state index contributed by atoms with van der Waals surface area (Å²) in [6.07, 6.45) is 5.16. The van der Waals surface area contributed by atoms with Gasteiger partial charge in [0.1, 0.15) is 6.29 Å². The minimum Gasteiger partial charge on any atom is -0.396 e. The van der Waals surface area contributed by atoms with Crippen molar-refractivity contribution in [3.63, 3.8) is 0 Å². The van der Waals surface area contributed by atoms with Crippen LogP contribution in [0.1, 0.15) is 25.7 Å². The summed E-state index contributed by atoms with van der Waals surface area (Å²) in [5.74, 6) is 0.620. The van der Waals surface area contributed by atoms with Gasteiger partial charge in [0.15, 0.2) is 0 Å². The smallest absolute Gasteiger partial charge is 0.123 e. The van der Waals surface area contributed by atoms with Gasteiger partial charge in [0, 0.05) is 12.5 Å². The van der Waals surface area contributed by atoms with E-state index >= 15 is 0 Å². The number of carbonyl (C=O) groups is 1. The fourth-order valence-corrected chi connectivity index (χ4v) is 1.62. The van der Waals surface area contributed by atoms with Gasteiger partial charge in [0.25, 0.3) is 0 Å². The van der Waals surface area contributed by atoms with E-state index in [1.54, 1.807) is 0 Å². The van der Waals surface area contributed by atoms with Crippen molar-refractivity contribution in [3.8, 4) is 0 Å². The first-order valence-electron chi connectivity index (χ1n) is 3.93. The third-order valence-corrected chi connectivity index (χ3v) is 2.27. The number of aldehydes is 1. The molecule has 1 rings (SSSR count). The Kier molecular flexibility index (Phi) is 2.87. The Morgan fingerprint density at radius 1 is 1.50 bits per heavy atom. The lowest BCUT2D eigenvalue weighted by Crippen LogP contribution is -2.18. The van der Waals surface area contributed by atoms with Gasteiger partial charge in [-0.3, -0.25) is 0 Å². The van der Waals surface area contributed by atoms with Gasteiger partial charge in [0.2, 0.25) is 0 Å². The molecule has 0 aromatic carbocycles. The Bertz CT molecular complexity index is 112. The van der Waals surface area contributed by atoms with Crippen molar-refractivity contribution < 1.29 is 9.90 Å². The van der Waals surface area contributed by atoms with E-state index in [-0.39, 0.29) is 12.5 Å². The molecule has 2 atom stereocenters. The molecule has 0 aromatic heterocycles. The van der Waals surface area contributed by atoms with Crippen LogP contribution in [0.4, 0.5) is 0 Å². The molecule has 0 radical (unpaired) electrons. The summed E-state index contributed by atoms with van der Waals surface area (Å²) in [5, 5.41) is 8.79. The van der Waals surface area contributed by atoms with Crippen LogP contribution in [0.25, 0.3) is 0 Å². The average molecular weight is 142 g/mol. The van der Waals surface area contributed by atoms with Crippen LogP contribution < -0.4 is 0 Å². The maximum Gasteiger partial charge on any atom is 0.123 e. The van der Waals surface area contributed by atoms with Crippen LogP contribution >= 0.6 is 0 Å². The standard InChI is InChI=1S/C8H14O2/c9-5-7-2-1-3-8(4-7)6-10/h5,7-8,10H,1-4,6H2. The predicted molar refractivity (Wildman–Crippen MR) is 38.6 cm³/mol. The molecule has 58 valence electrons. The number of hydrogen-bond acceptors (Lipinski definition) is 2. The number of rotatable bonds is 2. The van der Waals surface area contributed by atoms with Crippen LogP contribution in [-0.4, -0.2) is 18.0 Å². The van der Waals surface area contributed by atoms with Gasteiger partial charge in [-0.2, -0.15) is 0 Å². The van der Waals surface area contributed by atoms with Gasteiger partial charge >= 0.3 is 0 Å². The third kappa shape index (κ3) is 1.81. The molecule has 2 heteroatoms. The first kappa shape index (κ1) is 7.73. The SMILES string of the molecule is O=CC1CCCC(CO)C1. The summed E-state index contributed by atoms with van der Waals surface area (Å²) < 4.78 is 0. The minimum atomic E-state index is 0.228. The van der Waals surface area contributed by atoms with E-state index in [0.717, 1.165) is 32.0 Å². The van der Waals surface area contributed by atoms with Crippen LogP contribution in [0.3, 0.4) is 0 Å². The van der Waals surface area contributed by atoms with E-state index in [2.05, 4.69) is 0 Å². The van der Waals surface area contributed by atoms with Crippen LogP contribution in [0, 0.1) is 11.8 Å². The lowest BCUT2D eigenvalue weighted by molar-refractivity contribution is -0.112. The number of aliphatic hydroxyl groups excluding tert-OH is 1. The van der Waals surface area contributed by atoms with Crippen molar-refractivity contribution in [1.29, 1.82) is 0 Å². The normalized spacial score (nSPS) is 33.7. The lowest BCUT2D eigenvalue weighted by Gasteiger charge is -2.23. The Morgan fingerprint density at radius 2 is 2.30 bits per heavy atom. The molecule has 0 aliphatic heterocycles. The topological polar surface area (TPSA) is 37.3 Å². The van der Waals surface area contributed by atoms with Crippen LogP contribution in [0.5, 0.6) is 0 Å². The Balaban J connectivity index is 2.31. The molecular weight excluding hydrogens is 128 g/mol. The fourth-order valence-electron chi connectivity index (χ4n) is 1.62. The molecule has 0 aromatic rings. The predicted octanol–water partition coefficient (Wildman–Crippen LogP) is 0.984. The highest BCUT2D eigenvalue weighted by Gasteiger charge is 2.20. The highest BCUT2D eigenvalue weighted by atomic mass is 16.3. The van der Waals surface area contributed by atoms with Crippen molar-refractivity contribution in [2.75, 3.05) is 6.61 Å². The molecule has 0 spiro atoms. The summed E-state index contributed by atoms with van der Waals surface area (Å²) in [4.78, 5) is 10.3. The Morgan fingerprint density at radius 3 is 2.90 bits per heavy atom. The Labute approximate surface area is 61.2 Å². The molecule has 1 aliphatic carbocycles. The van der Waals surface area contributed by atoms with Gasteiger partial charge in [0.05, 0.1) is 0 Å². The molecule has 1 aliphatic rings. The molecule has 0 saturated heterocycles. The summed E-state index contributed by atoms with van der Waals surface area (Å²) >= 11 is 0.